The zero-order valence-electron chi connectivity index (χ0n) is 11.1. The van der Waals surface area contributed by atoms with E-state index in [2.05, 4.69) is 5.10 Å². The number of rotatable bonds is 2. The van der Waals surface area contributed by atoms with Gasteiger partial charge in [-0.05, 0) is 30.9 Å². The number of amides is 1. The average Bonchev–Trinajstić information content (AvgIpc) is 2.87. The van der Waals surface area contributed by atoms with Gasteiger partial charge in [-0.15, -0.1) is 11.3 Å². The van der Waals surface area contributed by atoms with Gasteiger partial charge in [-0.3, -0.25) is 9.48 Å². The smallest absolute Gasteiger partial charge is 0.365 e. The van der Waals surface area contributed by atoms with E-state index < -0.39 is 18.6 Å². The van der Waals surface area contributed by atoms with Crippen LogP contribution >= 0.6 is 11.3 Å². The third-order valence-corrected chi connectivity index (χ3v) is 4.63. The van der Waals surface area contributed by atoms with Crippen LogP contribution in [0.2, 0.25) is 0 Å². The number of hydrogen-bond acceptors (Lipinski definition) is 3. The van der Waals surface area contributed by atoms with Gasteiger partial charge in [0, 0.05) is 16.6 Å². The molecule has 0 spiro atoms. The monoisotopic (exact) mass is 315 g/mol. The summed E-state index contributed by atoms with van der Waals surface area (Å²) in [5, 5.41) is 4.06. The van der Waals surface area contributed by atoms with Gasteiger partial charge in [0.2, 0.25) is 0 Å². The van der Waals surface area contributed by atoms with Crippen molar-refractivity contribution in [2.75, 3.05) is 0 Å². The Kier molecular flexibility index (Phi) is 3.09. The molecular formula is C13H12F3N3OS. The summed E-state index contributed by atoms with van der Waals surface area (Å²) >= 11 is 1.28. The van der Waals surface area contributed by atoms with Gasteiger partial charge >= 0.3 is 6.18 Å². The number of fused-ring (bicyclic) bond motifs is 3. The number of thiophene rings is 1. The molecule has 0 unspecified atom stereocenters. The van der Waals surface area contributed by atoms with Crippen LogP contribution in [-0.2, 0) is 19.4 Å². The molecule has 0 fully saturated rings. The minimum atomic E-state index is -4.31. The Morgan fingerprint density at radius 3 is 2.81 bits per heavy atom. The van der Waals surface area contributed by atoms with Crippen LogP contribution in [-0.4, -0.2) is 21.9 Å². The van der Waals surface area contributed by atoms with Gasteiger partial charge in [0.15, 0.2) is 0 Å². The van der Waals surface area contributed by atoms with Crippen LogP contribution in [0.1, 0.15) is 25.7 Å². The number of carbonyl (C=O) groups is 1. The van der Waals surface area contributed by atoms with E-state index >= 15 is 0 Å². The lowest BCUT2D eigenvalue weighted by Crippen LogP contribution is -2.17. The van der Waals surface area contributed by atoms with Crippen LogP contribution in [0.5, 0.6) is 0 Å². The van der Waals surface area contributed by atoms with Crippen LogP contribution in [0.4, 0.5) is 13.2 Å². The molecule has 0 aliphatic heterocycles. The van der Waals surface area contributed by atoms with Gasteiger partial charge < -0.3 is 5.73 Å². The van der Waals surface area contributed by atoms with Crippen molar-refractivity contribution in [3.05, 3.63) is 27.1 Å². The molecule has 2 aromatic heterocycles. The third-order valence-electron chi connectivity index (χ3n) is 3.47. The van der Waals surface area contributed by atoms with E-state index in [9.17, 15) is 18.0 Å². The average molecular weight is 315 g/mol. The molecule has 0 bridgehead atoms. The standard InChI is InChI=1S/C13H12F3N3OS/c1-6-9-8(11(21-6)12(17)20)3-2-7-4-19(18-10(7)9)5-13(14,15)16/h4H,2-3,5H2,1H3,(H2,17,20). The van der Waals surface area contributed by atoms with E-state index in [1.54, 1.807) is 0 Å². The molecule has 4 nitrogen and oxygen atoms in total. The summed E-state index contributed by atoms with van der Waals surface area (Å²) in [6, 6.07) is 0. The molecule has 1 aliphatic carbocycles. The molecule has 0 atom stereocenters. The van der Waals surface area contributed by atoms with Gasteiger partial charge in [-0.1, -0.05) is 0 Å². The molecule has 3 rings (SSSR count). The molecule has 1 aliphatic rings. The summed E-state index contributed by atoms with van der Waals surface area (Å²) in [5.41, 5.74) is 8.27. The predicted octanol–water partition coefficient (Wildman–Crippen LogP) is 2.68. The van der Waals surface area contributed by atoms with Crippen molar-refractivity contribution in [3.63, 3.8) is 0 Å². The van der Waals surface area contributed by atoms with Crippen LogP contribution in [0.25, 0.3) is 11.3 Å². The van der Waals surface area contributed by atoms with E-state index in [0.29, 0.717) is 23.4 Å². The van der Waals surface area contributed by atoms with E-state index in [1.807, 2.05) is 6.92 Å². The maximum absolute atomic E-state index is 12.5. The fourth-order valence-electron chi connectivity index (χ4n) is 2.72. The van der Waals surface area contributed by atoms with Crippen molar-refractivity contribution in [1.82, 2.24) is 9.78 Å². The molecule has 2 aromatic rings. The van der Waals surface area contributed by atoms with Crippen LogP contribution in [0.3, 0.4) is 0 Å². The van der Waals surface area contributed by atoms with Gasteiger partial charge in [0.05, 0.1) is 10.6 Å². The number of alkyl halides is 3. The molecule has 0 saturated carbocycles. The first-order valence-corrected chi connectivity index (χ1v) is 7.13. The Labute approximate surface area is 122 Å². The molecule has 2 N–H and O–H groups in total. The molecule has 1 amide bonds. The van der Waals surface area contributed by atoms with Crippen LogP contribution in [0, 0.1) is 6.92 Å². The highest BCUT2D eigenvalue weighted by molar-refractivity contribution is 7.14. The van der Waals surface area contributed by atoms with Crippen molar-refractivity contribution in [3.8, 4) is 11.3 Å². The Morgan fingerprint density at radius 1 is 1.48 bits per heavy atom. The van der Waals surface area contributed by atoms with Crippen molar-refractivity contribution in [1.29, 1.82) is 0 Å². The summed E-state index contributed by atoms with van der Waals surface area (Å²) in [5.74, 6) is -0.498. The predicted molar refractivity (Wildman–Crippen MR) is 72.3 cm³/mol. The number of aromatic nitrogens is 2. The van der Waals surface area contributed by atoms with Crippen LogP contribution < -0.4 is 5.73 Å². The molecule has 0 aromatic carbocycles. The van der Waals surface area contributed by atoms with Crippen molar-refractivity contribution >= 4 is 17.2 Å². The minimum absolute atomic E-state index is 0.485. The number of halogens is 3. The highest BCUT2D eigenvalue weighted by Gasteiger charge is 2.32. The first-order valence-electron chi connectivity index (χ1n) is 6.32. The second-order valence-electron chi connectivity index (χ2n) is 5.02. The van der Waals surface area contributed by atoms with Crippen LogP contribution in [0.15, 0.2) is 6.20 Å². The van der Waals surface area contributed by atoms with Crippen molar-refractivity contribution in [2.45, 2.75) is 32.5 Å². The Hall–Kier alpha value is -1.83. The van der Waals surface area contributed by atoms with Crippen molar-refractivity contribution in [2.24, 2.45) is 5.73 Å². The minimum Gasteiger partial charge on any atom is -0.365 e. The summed E-state index contributed by atoms with van der Waals surface area (Å²) in [6.07, 6.45) is -1.70. The maximum atomic E-state index is 12.5. The Morgan fingerprint density at radius 2 is 2.19 bits per heavy atom. The van der Waals surface area contributed by atoms with E-state index in [-0.39, 0.29) is 0 Å². The molecule has 8 heteroatoms. The van der Waals surface area contributed by atoms with Gasteiger partial charge in [-0.2, -0.15) is 18.3 Å². The number of aryl methyl sites for hydroxylation is 2. The first-order chi connectivity index (χ1) is 9.76. The SMILES string of the molecule is Cc1sc(C(N)=O)c2c1-c1nn(CC(F)(F)F)cc1CC2. The normalized spacial score (nSPS) is 13.9. The summed E-state index contributed by atoms with van der Waals surface area (Å²) in [7, 11) is 0. The highest BCUT2D eigenvalue weighted by atomic mass is 32.1. The number of primary amides is 1. The number of nitrogens with two attached hydrogens (primary N) is 1. The molecule has 112 valence electrons. The summed E-state index contributed by atoms with van der Waals surface area (Å²) in [6.45, 7) is 0.717. The maximum Gasteiger partial charge on any atom is 0.408 e. The quantitative estimate of drug-likeness (QED) is 0.926. The zero-order chi connectivity index (χ0) is 15.4. The lowest BCUT2D eigenvalue weighted by atomic mass is 9.91. The molecule has 0 radical (unpaired) electrons. The second kappa shape index (κ2) is 4.59. The molecular weight excluding hydrogens is 303 g/mol. The third kappa shape index (κ3) is 2.44. The lowest BCUT2D eigenvalue weighted by Gasteiger charge is -2.12. The second-order valence-corrected chi connectivity index (χ2v) is 6.25. The zero-order valence-corrected chi connectivity index (χ0v) is 11.9. The fourth-order valence-corrected chi connectivity index (χ4v) is 3.78. The van der Waals surface area contributed by atoms with Gasteiger partial charge in [-0.25, -0.2) is 0 Å². The number of hydrogen-bond donors (Lipinski definition) is 1. The van der Waals surface area contributed by atoms with E-state index in [4.69, 9.17) is 5.73 Å². The van der Waals surface area contributed by atoms with Gasteiger partial charge in [0.1, 0.15) is 6.54 Å². The largest absolute Gasteiger partial charge is 0.408 e. The molecule has 0 saturated heterocycles. The number of nitrogens with zero attached hydrogens (tertiary/aromatic N) is 2. The summed E-state index contributed by atoms with van der Waals surface area (Å²) < 4.78 is 38.3. The number of carbonyl (C=O) groups excluding carboxylic acids is 1. The Bertz CT molecular complexity index is 730. The van der Waals surface area contributed by atoms with E-state index in [1.165, 1.54) is 17.5 Å². The summed E-state index contributed by atoms with van der Waals surface area (Å²) in [4.78, 5) is 12.8. The first kappa shape index (κ1) is 14.1. The van der Waals surface area contributed by atoms with E-state index in [0.717, 1.165) is 26.2 Å². The topological polar surface area (TPSA) is 60.9 Å². The Balaban J connectivity index is 2.09. The lowest BCUT2D eigenvalue weighted by molar-refractivity contribution is -0.142. The molecule has 2 heterocycles. The van der Waals surface area contributed by atoms with Crippen molar-refractivity contribution < 1.29 is 18.0 Å². The fraction of sp³-hybridized carbons (Fsp3) is 0.385. The highest BCUT2D eigenvalue weighted by Crippen LogP contribution is 2.41. The molecule has 21 heavy (non-hydrogen) atoms. The van der Waals surface area contributed by atoms with Gasteiger partial charge in [0.25, 0.3) is 5.91 Å².